The first-order valence-corrected chi connectivity index (χ1v) is 12.1. The molecule has 5 aromatic rings. The predicted octanol–water partition coefficient (Wildman–Crippen LogP) is 6.77. The quantitative estimate of drug-likeness (QED) is 0.247. The first-order valence-electron chi connectivity index (χ1n) is 10.5. The molecule has 0 atom stereocenters. The normalized spacial score (nSPS) is 10.9. The van der Waals surface area contributed by atoms with Crippen LogP contribution in [0.4, 0.5) is 11.7 Å². The maximum atomic E-state index is 13.0. The third kappa shape index (κ3) is 4.76. The van der Waals surface area contributed by atoms with Crippen LogP contribution < -0.4 is 15.4 Å². The number of nitrogens with zero attached hydrogens (tertiary/aromatic N) is 2. The van der Waals surface area contributed by atoms with E-state index in [4.69, 9.17) is 32.4 Å². The number of carbonyl (C=O) groups excluding carboxylic acids is 2. The van der Waals surface area contributed by atoms with Crippen LogP contribution in [0, 0.1) is 0 Å². The fourth-order valence-corrected chi connectivity index (χ4v) is 5.13. The number of aromatic nitrogens is 2. The highest BCUT2D eigenvalue weighted by Crippen LogP contribution is 2.37. The van der Waals surface area contributed by atoms with Crippen molar-refractivity contribution in [3.05, 3.63) is 87.2 Å². The fourth-order valence-electron chi connectivity index (χ4n) is 3.44. The summed E-state index contributed by atoms with van der Waals surface area (Å²) in [5, 5.41) is 14.8. The first-order chi connectivity index (χ1) is 17.4. The summed E-state index contributed by atoms with van der Waals surface area (Å²) in [7, 11) is 1.57. The molecule has 3 aromatic carbocycles. The second-order valence-electron chi connectivity index (χ2n) is 7.48. The van der Waals surface area contributed by atoms with E-state index in [1.54, 1.807) is 73.8 Å². The predicted molar refractivity (Wildman–Crippen MR) is 140 cm³/mol. The SMILES string of the molecule is COc1ccc(-c2nnc(NC(=O)c3ccccc3NC(=O)c3sc4cc(Cl)ccc4c3Cl)o2)cc1. The van der Waals surface area contributed by atoms with Crippen molar-refractivity contribution in [2.75, 3.05) is 17.7 Å². The van der Waals surface area contributed by atoms with E-state index in [-0.39, 0.29) is 17.5 Å². The summed E-state index contributed by atoms with van der Waals surface area (Å²) in [5.74, 6) is -0.0672. The molecule has 2 N–H and O–H groups in total. The lowest BCUT2D eigenvalue weighted by atomic mass is 10.1. The monoisotopic (exact) mass is 538 g/mol. The number of halogens is 2. The third-order valence-electron chi connectivity index (χ3n) is 5.20. The van der Waals surface area contributed by atoms with Crippen molar-refractivity contribution in [1.82, 2.24) is 10.2 Å². The van der Waals surface area contributed by atoms with E-state index in [0.29, 0.717) is 31.9 Å². The Morgan fingerprint density at radius 1 is 0.944 bits per heavy atom. The maximum absolute atomic E-state index is 13.0. The molecule has 0 saturated carbocycles. The van der Waals surface area contributed by atoms with Crippen molar-refractivity contribution in [2.45, 2.75) is 0 Å². The Morgan fingerprint density at radius 2 is 1.72 bits per heavy atom. The smallest absolute Gasteiger partial charge is 0.322 e. The average Bonchev–Trinajstić information content (AvgIpc) is 3.48. The summed E-state index contributed by atoms with van der Waals surface area (Å²) in [4.78, 5) is 26.3. The molecule has 8 nitrogen and oxygen atoms in total. The molecule has 0 aliphatic carbocycles. The number of carbonyl (C=O) groups is 2. The topological polar surface area (TPSA) is 106 Å². The van der Waals surface area contributed by atoms with Gasteiger partial charge in [0.25, 0.3) is 11.8 Å². The largest absolute Gasteiger partial charge is 0.497 e. The molecule has 11 heteroatoms. The summed E-state index contributed by atoms with van der Waals surface area (Å²) in [6, 6.07) is 18.7. The van der Waals surface area contributed by atoms with E-state index in [1.165, 1.54) is 11.3 Å². The number of methoxy groups -OCH3 is 1. The van der Waals surface area contributed by atoms with E-state index in [9.17, 15) is 9.59 Å². The van der Waals surface area contributed by atoms with E-state index in [2.05, 4.69) is 20.8 Å². The van der Waals surface area contributed by atoms with Crippen molar-refractivity contribution in [2.24, 2.45) is 0 Å². The molecule has 0 spiro atoms. The van der Waals surface area contributed by atoms with Crippen molar-refractivity contribution >= 4 is 68.1 Å². The van der Waals surface area contributed by atoms with E-state index < -0.39 is 11.8 Å². The van der Waals surface area contributed by atoms with Crippen molar-refractivity contribution in [3.8, 4) is 17.2 Å². The lowest BCUT2D eigenvalue weighted by Crippen LogP contribution is -2.18. The summed E-state index contributed by atoms with van der Waals surface area (Å²) < 4.78 is 11.5. The molecular weight excluding hydrogens is 523 g/mol. The molecule has 2 heterocycles. The van der Waals surface area contributed by atoms with Crippen LogP contribution in [0.15, 0.2) is 71.1 Å². The zero-order chi connectivity index (χ0) is 25.2. The summed E-state index contributed by atoms with van der Waals surface area (Å²) in [6.45, 7) is 0. The van der Waals surface area contributed by atoms with Gasteiger partial charge in [-0.05, 0) is 48.5 Å². The molecular formula is C25H16Cl2N4O4S. The van der Waals surface area contributed by atoms with Crippen LogP contribution in [0.25, 0.3) is 21.5 Å². The average molecular weight is 539 g/mol. The summed E-state index contributed by atoms with van der Waals surface area (Å²) in [5.41, 5.74) is 1.16. The van der Waals surface area contributed by atoms with Gasteiger partial charge >= 0.3 is 6.01 Å². The zero-order valence-electron chi connectivity index (χ0n) is 18.5. The summed E-state index contributed by atoms with van der Waals surface area (Å²) >= 11 is 13.7. The number of ether oxygens (including phenoxy) is 1. The fraction of sp³-hybridized carbons (Fsp3) is 0.0400. The van der Waals surface area contributed by atoms with E-state index in [1.807, 2.05) is 0 Å². The number of anilines is 2. The van der Waals surface area contributed by atoms with Crippen LogP contribution >= 0.6 is 34.5 Å². The Hall–Kier alpha value is -3.92. The number of rotatable bonds is 6. The van der Waals surface area contributed by atoms with Gasteiger partial charge in [-0.25, -0.2) is 0 Å². The molecule has 180 valence electrons. The molecule has 2 amide bonds. The van der Waals surface area contributed by atoms with Crippen LogP contribution in [0.2, 0.25) is 10.0 Å². The highest BCUT2D eigenvalue weighted by atomic mass is 35.5. The molecule has 2 aromatic heterocycles. The molecule has 0 fully saturated rings. The highest BCUT2D eigenvalue weighted by Gasteiger charge is 2.21. The van der Waals surface area contributed by atoms with E-state index >= 15 is 0 Å². The van der Waals surface area contributed by atoms with Crippen LogP contribution in [0.1, 0.15) is 20.0 Å². The summed E-state index contributed by atoms with van der Waals surface area (Å²) in [6.07, 6.45) is 0. The first kappa shape index (κ1) is 23.8. The Labute approximate surface area is 218 Å². The van der Waals surface area contributed by atoms with Crippen LogP contribution in [-0.2, 0) is 0 Å². The second kappa shape index (κ2) is 9.98. The number of benzene rings is 3. The minimum atomic E-state index is -0.537. The highest BCUT2D eigenvalue weighted by molar-refractivity contribution is 7.21. The maximum Gasteiger partial charge on any atom is 0.322 e. The molecule has 36 heavy (non-hydrogen) atoms. The minimum Gasteiger partial charge on any atom is -0.497 e. The van der Waals surface area contributed by atoms with Gasteiger partial charge < -0.3 is 14.5 Å². The van der Waals surface area contributed by atoms with Crippen molar-refractivity contribution in [1.29, 1.82) is 0 Å². The Balaban J connectivity index is 1.34. The van der Waals surface area contributed by atoms with Crippen LogP contribution in [-0.4, -0.2) is 29.1 Å². The standard InChI is InChI=1S/C25H16Cl2N4O4S/c1-34-15-9-6-13(7-10-15)24-30-31-25(35-24)29-22(32)16-4-2-3-5-18(16)28-23(33)21-20(27)17-11-8-14(26)12-19(17)36-21/h2-12H,1H3,(H,28,33)(H,29,31,32). The van der Waals surface area contributed by atoms with E-state index in [0.717, 1.165) is 10.1 Å². The van der Waals surface area contributed by atoms with Gasteiger partial charge in [-0.3, -0.25) is 14.9 Å². The van der Waals surface area contributed by atoms with Crippen molar-refractivity contribution in [3.63, 3.8) is 0 Å². The number of amides is 2. The lowest BCUT2D eigenvalue weighted by molar-refractivity contribution is 0.102. The van der Waals surface area contributed by atoms with Gasteiger partial charge in [-0.15, -0.1) is 16.4 Å². The van der Waals surface area contributed by atoms with Gasteiger partial charge in [0.15, 0.2) is 0 Å². The lowest BCUT2D eigenvalue weighted by Gasteiger charge is -2.09. The third-order valence-corrected chi connectivity index (χ3v) is 7.09. The van der Waals surface area contributed by atoms with Crippen LogP contribution in [0.3, 0.4) is 0 Å². The molecule has 0 unspecified atom stereocenters. The molecule has 0 saturated heterocycles. The van der Waals surface area contributed by atoms with Gasteiger partial charge in [-0.2, -0.15) is 0 Å². The van der Waals surface area contributed by atoms with Gasteiger partial charge in [-0.1, -0.05) is 46.5 Å². The molecule has 0 radical (unpaired) electrons. The Kier molecular flexibility index (Phi) is 6.60. The number of thiophene rings is 1. The van der Waals surface area contributed by atoms with Gasteiger partial charge in [0, 0.05) is 20.7 Å². The number of hydrogen-bond acceptors (Lipinski definition) is 7. The molecule has 0 bridgehead atoms. The van der Waals surface area contributed by atoms with Gasteiger partial charge in [0.2, 0.25) is 5.89 Å². The van der Waals surface area contributed by atoms with Gasteiger partial charge in [0.1, 0.15) is 10.6 Å². The number of para-hydroxylation sites is 1. The van der Waals surface area contributed by atoms with Crippen LogP contribution in [0.5, 0.6) is 5.75 Å². The Morgan fingerprint density at radius 3 is 2.50 bits per heavy atom. The molecule has 0 aliphatic heterocycles. The zero-order valence-corrected chi connectivity index (χ0v) is 20.9. The van der Waals surface area contributed by atoms with Gasteiger partial charge in [0.05, 0.1) is 23.4 Å². The minimum absolute atomic E-state index is 0.0867. The molecule has 5 rings (SSSR count). The molecule has 0 aliphatic rings. The second-order valence-corrected chi connectivity index (χ2v) is 9.35. The van der Waals surface area contributed by atoms with Crippen molar-refractivity contribution < 1.29 is 18.7 Å². The Bertz CT molecular complexity index is 1600. The number of fused-ring (bicyclic) bond motifs is 1. The number of hydrogen-bond donors (Lipinski definition) is 2. The number of nitrogens with one attached hydrogen (secondary N) is 2.